The third kappa shape index (κ3) is 8.19. The van der Waals surface area contributed by atoms with Gasteiger partial charge in [0.15, 0.2) is 0 Å². The molecule has 2 rings (SSSR count). The molecular formula is C24H36Cl2N2O2. The average Bonchev–Trinajstić information content (AvgIpc) is 2.71. The molecule has 0 bridgehead atoms. The first-order chi connectivity index (χ1) is 13.5. The van der Waals surface area contributed by atoms with Crippen LogP contribution in [0, 0.1) is 0 Å². The van der Waals surface area contributed by atoms with E-state index in [1.54, 1.807) is 12.1 Å². The van der Waals surface area contributed by atoms with Crippen LogP contribution in [0.25, 0.3) is 12.2 Å². The first kappa shape index (κ1) is 28.3. The minimum atomic E-state index is 0. The minimum absolute atomic E-state index is 0. The van der Waals surface area contributed by atoms with Gasteiger partial charge >= 0.3 is 0 Å². The molecule has 0 fully saturated rings. The Morgan fingerprint density at radius 3 is 1.23 bits per heavy atom. The van der Waals surface area contributed by atoms with Crippen molar-refractivity contribution in [3.05, 3.63) is 58.7 Å². The second kappa shape index (κ2) is 14.3. The van der Waals surface area contributed by atoms with Crippen LogP contribution >= 0.6 is 24.8 Å². The predicted octanol–water partition coefficient (Wildman–Crippen LogP) is 5.80. The van der Waals surface area contributed by atoms with Crippen molar-refractivity contribution in [3.63, 3.8) is 0 Å². The van der Waals surface area contributed by atoms with Crippen LogP contribution in [0.15, 0.2) is 36.4 Å². The van der Waals surface area contributed by atoms with Gasteiger partial charge in [-0.25, -0.2) is 0 Å². The molecule has 0 saturated heterocycles. The van der Waals surface area contributed by atoms with Gasteiger partial charge in [0.1, 0.15) is 11.5 Å². The van der Waals surface area contributed by atoms with E-state index >= 15 is 0 Å². The lowest BCUT2D eigenvalue weighted by molar-refractivity contribution is 0.291. The highest BCUT2D eigenvalue weighted by molar-refractivity contribution is 5.85. The molecule has 0 spiro atoms. The number of hydrogen-bond acceptors (Lipinski definition) is 4. The lowest BCUT2D eigenvalue weighted by atomic mass is 10.1. The quantitative estimate of drug-likeness (QED) is 0.445. The Bertz CT molecular complexity index is 723. The van der Waals surface area contributed by atoms with E-state index in [2.05, 4.69) is 37.5 Å². The number of nitrogens with zero attached hydrogens (tertiary/aromatic N) is 2. The summed E-state index contributed by atoms with van der Waals surface area (Å²) in [6.45, 7) is 13.9. The van der Waals surface area contributed by atoms with Gasteiger partial charge in [-0.2, -0.15) is 0 Å². The molecule has 2 aromatic carbocycles. The second-order valence-corrected chi connectivity index (χ2v) is 7.03. The van der Waals surface area contributed by atoms with Crippen LogP contribution in [0.4, 0.5) is 0 Å². The Morgan fingerprint density at radius 2 is 0.967 bits per heavy atom. The van der Waals surface area contributed by atoms with Gasteiger partial charge in [0, 0.05) is 24.2 Å². The summed E-state index contributed by atoms with van der Waals surface area (Å²) in [7, 11) is 0. The van der Waals surface area contributed by atoms with E-state index in [-0.39, 0.29) is 24.8 Å². The number of benzene rings is 2. The van der Waals surface area contributed by atoms with Crippen molar-refractivity contribution in [1.29, 1.82) is 0 Å². The fourth-order valence-electron chi connectivity index (χ4n) is 3.21. The first-order valence-corrected chi connectivity index (χ1v) is 10.3. The van der Waals surface area contributed by atoms with E-state index in [1.165, 1.54) is 0 Å². The second-order valence-electron chi connectivity index (χ2n) is 7.03. The van der Waals surface area contributed by atoms with Gasteiger partial charge in [-0.05, 0) is 49.4 Å². The number of phenols is 2. The number of aromatic hydroxyl groups is 2. The van der Waals surface area contributed by atoms with Gasteiger partial charge in [-0.3, -0.25) is 9.80 Å². The topological polar surface area (TPSA) is 46.9 Å². The molecule has 0 aliphatic heterocycles. The highest BCUT2D eigenvalue weighted by Gasteiger charge is 2.07. The number of phenolic OH excluding ortho intramolecular Hbond substituents is 2. The standard InChI is InChI=1S/C24H34N2O2.2ClH/c1-5-25(6-2)17-21-13-11-19(15-23(21)27)9-10-20-12-14-22(24(28)16-20)18-26(7-3)8-4;;/h9-16,27-28H,5-8,17-18H2,1-4H3;2*1H/b10-9+;;. The molecule has 0 aliphatic rings. The number of rotatable bonds is 10. The van der Waals surface area contributed by atoms with Crippen LogP contribution in [0.2, 0.25) is 0 Å². The molecule has 4 nitrogen and oxygen atoms in total. The summed E-state index contributed by atoms with van der Waals surface area (Å²) in [6.07, 6.45) is 3.92. The molecule has 0 amide bonds. The van der Waals surface area contributed by atoms with Crippen molar-refractivity contribution in [2.24, 2.45) is 0 Å². The molecule has 2 aromatic rings. The molecule has 2 N–H and O–H groups in total. The third-order valence-corrected chi connectivity index (χ3v) is 5.26. The molecular weight excluding hydrogens is 419 g/mol. The van der Waals surface area contributed by atoms with Gasteiger partial charge < -0.3 is 10.2 Å². The monoisotopic (exact) mass is 454 g/mol. The molecule has 0 aromatic heterocycles. The van der Waals surface area contributed by atoms with Gasteiger partial charge in [0.05, 0.1) is 0 Å². The van der Waals surface area contributed by atoms with E-state index in [0.29, 0.717) is 11.5 Å². The van der Waals surface area contributed by atoms with Crippen LogP contribution in [-0.4, -0.2) is 46.2 Å². The molecule has 0 aliphatic carbocycles. The molecule has 0 radical (unpaired) electrons. The Balaban J connectivity index is 0.00000420. The van der Waals surface area contributed by atoms with Crippen molar-refractivity contribution >= 4 is 37.0 Å². The van der Waals surface area contributed by atoms with Gasteiger partial charge in [0.2, 0.25) is 0 Å². The summed E-state index contributed by atoms with van der Waals surface area (Å²) in [6, 6.07) is 11.6. The van der Waals surface area contributed by atoms with Crippen molar-refractivity contribution in [2.45, 2.75) is 40.8 Å². The SMILES string of the molecule is CCN(CC)Cc1ccc(/C=C/c2ccc(CN(CC)CC)c(O)c2)cc1O.Cl.Cl. The largest absolute Gasteiger partial charge is 0.508 e. The zero-order valence-corrected chi connectivity index (χ0v) is 20.1. The maximum atomic E-state index is 10.3. The summed E-state index contributed by atoms with van der Waals surface area (Å²) in [5.41, 5.74) is 3.76. The Labute approximate surface area is 194 Å². The lowest BCUT2D eigenvalue weighted by Crippen LogP contribution is -2.22. The Hall–Kier alpha value is -1.72. The van der Waals surface area contributed by atoms with Crippen molar-refractivity contribution < 1.29 is 10.2 Å². The van der Waals surface area contributed by atoms with Crippen molar-refractivity contribution in [1.82, 2.24) is 9.80 Å². The normalized spacial score (nSPS) is 11.0. The van der Waals surface area contributed by atoms with E-state index < -0.39 is 0 Å². The maximum Gasteiger partial charge on any atom is 0.120 e. The van der Waals surface area contributed by atoms with Gasteiger partial charge in [-0.15, -0.1) is 24.8 Å². The van der Waals surface area contributed by atoms with E-state index in [4.69, 9.17) is 0 Å². The fraction of sp³-hybridized carbons (Fsp3) is 0.417. The molecule has 30 heavy (non-hydrogen) atoms. The molecule has 6 heteroatoms. The number of halogens is 2. The highest BCUT2D eigenvalue weighted by Crippen LogP contribution is 2.24. The Morgan fingerprint density at radius 1 is 0.633 bits per heavy atom. The molecule has 0 atom stereocenters. The van der Waals surface area contributed by atoms with E-state index in [0.717, 1.165) is 61.5 Å². The molecule has 0 saturated carbocycles. The Kier molecular flexibility index (Phi) is 13.5. The van der Waals surface area contributed by atoms with Crippen LogP contribution < -0.4 is 0 Å². The van der Waals surface area contributed by atoms with Crippen LogP contribution in [-0.2, 0) is 13.1 Å². The summed E-state index contributed by atoms with van der Waals surface area (Å²) >= 11 is 0. The van der Waals surface area contributed by atoms with E-state index in [1.807, 2.05) is 36.4 Å². The highest BCUT2D eigenvalue weighted by atomic mass is 35.5. The summed E-state index contributed by atoms with van der Waals surface area (Å²) in [5, 5.41) is 20.7. The van der Waals surface area contributed by atoms with Crippen LogP contribution in [0.5, 0.6) is 11.5 Å². The summed E-state index contributed by atoms with van der Waals surface area (Å²) in [4.78, 5) is 4.54. The zero-order valence-electron chi connectivity index (χ0n) is 18.5. The predicted molar refractivity (Wildman–Crippen MR) is 133 cm³/mol. The smallest absolute Gasteiger partial charge is 0.120 e. The van der Waals surface area contributed by atoms with Crippen molar-refractivity contribution in [3.8, 4) is 11.5 Å². The molecule has 0 heterocycles. The maximum absolute atomic E-state index is 10.3. The molecule has 168 valence electrons. The summed E-state index contributed by atoms with van der Waals surface area (Å²) in [5.74, 6) is 0.651. The summed E-state index contributed by atoms with van der Waals surface area (Å²) < 4.78 is 0. The molecule has 0 unspecified atom stereocenters. The lowest BCUT2D eigenvalue weighted by Gasteiger charge is -2.19. The van der Waals surface area contributed by atoms with Crippen molar-refractivity contribution in [2.75, 3.05) is 26.2 Å². The zero-order chi connectivity index (χ0) is 20.5. The van der Waals surface area contributed by atoms with Crippen LogP contribution in [0.1, 0.15) is 49.9 Å². The minimum Gasteiger partial charge on any atom is -0.508 e. The van der Waals surface area contributed by atoms with Crippen LogP contribution in [0.3, 0.4) is 0 Å². The number of hydrogen-bond donors (Lipinski definition) is 2. The average molecular weight is 455 g/mol. The fourth-order valence-corrected chi connectivity index (χ4v) is 3.21. The van der Waals surface area contributed by atoms with Gasteiger partial charge in [-0.1, -0.05) is 64.1 Å². The first-order valence-electron chi connectivity index (χ1n) is 10.3. The van der Waals surface area contributed by atoms with Gasteiger partial charge in [0.25, 0.3) is 0 Å². The van der Waals surface area contributed by atoms with E-state index in [9.17, 15) is 10.2 Å². The third-order valence-electron chi connectivity index (χ3n) is 5.26.